The van der Waals surface area contributed by atoms with E-state index in [2.05, 4.69) is 14.9 Å². The van der Waals surface area contributed by atoms with E-state index >= 15 is 0 Å². The Morgan fingerprint density at radius 3 is 2.72 bits per heavy atom. The van der Waals surface area contributed by atoms with Gasteiger partial charge in [-0.05, 0) is 31.6 Å². The highest BCUT2D eigenvalue weighted by Gasteiger charge is 2.33. The van der Waals surface area contributed by atoms with Crippen molar-refractivity contribution in [1.82, 2.24) is 9.97 Å². The summed E-state index contributed by atoms with van der Waals surface area (Å²) in [6.45, 7) is 1.61. The van der Waals surface area contributed by atoms with Crippen LogP contribution in [0.1, 0.15) is 44.2 Å². The molecule has 2 heterocycles. The molecule has 2 unspecified atom stereocenters. The van der Waals surface area contributed by atoms with Crippen molar-refractivity contribution in [2.24, 2.45) is 11.7 Å². The van der Waals surface area contributed by atoms with Crippen molar-refractivity contribution >= 4 is 5.82 Å². The predicted molar refractivity (Wildman–Crippen MR) is 72.2 cm³/mol. The van der Waals surface area contributed by atoms with Crippen LogP contribution in [0.2, 0.25) is 0 Å². The third-order valence-electron chi connectivity index (χ3n) is 4.44. The van der Waals surface area contributed by atoms with Crippen LogP contribution in [0.3, 0.4) is 0 Å². The largest absolute Gasteiger partial charge is 0.352 e. The summed E-state index contributed by atoms with van der Waals surface area (Å²) in [5.41, 5.74) is 6.44. The standard InChI is InChI=1S/C14H22N4/c15-8-12-9-17-14(10-16-12)18-7-3-5-11-4-1-2-6-13(11)18/h9-11,13H,1-8,15H2. The Morgan fingerprint density at radius 2 is 1.94 bits per heavy atom. The molecule has 2 aliphatic rings. The highest BCUT2D eigenvalue weighted by molar-refractivity contribution is 5.38. The maximum absolute atomic E-state index is 5.57. The van der Waals surface area contributed by atoms with E-state index < -0.39 is 0 Å². The first-order valence-corrected chi connectivity index (χ1v) is 7.16. The van der Waals surface area contributed by atoms with E-state index in [-0.39, 0.29) is 0 Å². The Hall–Kier alpha value is -1.16. The Bertz CT molecular complexity index is 387. The molecule has 1 aliphatic heterocycles. The molecule has 1 saturated heterocycles. The molecular formula is C14H22N4. The quantitative estimate of drug-likeness (QED) is 0.868. The van der Waals surface area contributed by atoms with Crippen molar-refractivity contribution in [2.75, 3.05) is 11.4 Å². The lowest BCUT2D eigenvalue weighted by molar-refractivity contribution is 0.242. The lowest BCUT2D eigenvalue weighted by atomic mass is 9.78. The molecule has 1 saturated carbocycles. The van der Waals surface area contributed by atoms with Gasteiger partial charge in [0.2, 0.25) is 0 Å². The number of hydrogen-bond donors (Lipinski definition) is 1. The number of nitrogens with zero attached hydrogens (tertiary/aromatic N) is 3. The van der Waals surface area contributed by atoms with Crippen molar-refractivity contribution in [3.63, 3.8) is 0 Å². The van der Waals surface area contributed by atoms with Crippen LogP contribution in [0.5, 0.6) is 0 Å². The SMILES string of the molecule is NCc1cnc(N2CCCC3CCCCC32)cn1. The third-order valence-corrected chi connectivity index (χ3v) is 4.44. The minimum atomic E-state index is 0.472. The third kappa shape index (κ3) is 2.21. The van der Waals surface area contributed by atoms with Crippen LogP contribution in [0, 0.1) is 5.92 Å². The number of nitrogens with two attached hydrogens (primary N) is 1. The fourth-order valence-corrected chi connectivity index (χ4v) is 3.51. The van der Waals surface area contributed by atoms with E-state index in [1.165, 1.54) is 38.5 Å². The van der Waals surface area contributed by atoms with Gasteiger partial charge in [0.05, 0.1) is 18.1 Å². The van der Waals surface area contributed by atoms with Gasteiger partial charge in [-0.2, -0.15) is 0 Å². The van der Waals surface area contributed by atoms with Crippen molar-refractivity contribution in [3.05, 3.63) is 18.1 Å². The second-order valence-electron chi connectivity index (χ2n) is 5.52. The zero-order chi connectivity index (χ0) is 12.4. The first-order chi connectivity index (χ1) is 8.88. The Labute approximate surface area is 109 Å². The van der Waals surface area contributed by atoms with Crippen LogP contribution in [-0.2, 0) is 6.54 Å². The normalized spacial score (nSPS) is 27.9. The average molecular weight is 246 g/mol. The van der Waals surface area contributed by atoms with Crippen molar-refractivity contribution in [2.45, 2.75) is 51.1 Å². The molecule has 18 heavy (non-hydrogen) atoms. The molecule has 1 aromatic heterocycles. The van der Waals surface area contributed by atoms with Gasteiger partial charge < -0.3 is 10.6 Å². The Kier molecular flexibility index (Phi) is 3.46. The van der Waals surface area contributed by atoms with Crippen LogP contribution in [-0.4, -0.2) is 22.6 Å². The molecule has 2 fully saturated rings. The summed E-state index contributed by atoms with van der Waals surface area (Å²) in [5, 5.41) is 0. The van der Waals surface area contributed by atoms with E-state index in [9.17, 15) is 0 Å². The molecule has 0 aromatic carbocycles. The van der Waals surface area contributed by atoms with Gasteiger partial charge in [-0.3, -0.25) is 4.98 Å². The maximum Gasteiger partial charge on any atom is 0.147 e. The minimum absolute atomic E-state index is 0.472. The van der Waals surface area contributed by atoms with Crippen LogP contribution in [0.15, 0.2) is 12.4 Å². The molecule has 98 valence electrons. The van der Waals surface area contributed by atoms with Crippen LogP contribution < -0.4 is 10.6 Å². The first-order valence-electron chi connectivity index (χ1n) is 7.16. The maximum atomic E-state index is 5.57. The summed E-state index contributed by atoms with van der Waals surface area (Å²) >= 11 is 0. The Balaban J connectivity index is 1.80. The zero-order valence-electron chi connectivity index (χ0n) is 10.9. The number of fused-ring (bicyclic) bond motifs is 1. The molecule has 1 aromatic rings. The van der Waals surface area contributed by atoms with Crippen molar-refractivity contribution in [1.29, 1.82) is 0 Å². The summed E-state index contributed by atoms with van der Waals surface area (Å²) in [6.07, 6.45) is 11.9. The number of anilines is 1. The van der Waals surface area contributed by atoms with E-state index in [0.29, 0.717) is 12.6 Å². The van der Waals surface area contributed by atoms with E-state index in [0.717, 1.165) is 24.0 Å². The summed E-state index contributed by atoms with van der Waals surface area (Å²) in [7, 11) is 0. The van der Waals surface area contributed by atoms with E-state index in [1.54, 1.807) is 0 Å². The fraction of sp³-hybridized carbons (Fsp3) is 0.714. The zero-order valence-corrected chi connectivity index (χ0v) is 10.9. The molecule has 0 spiro atoms. The summed E-state index contributed by atoms with van der Waals surface area (Å²) in [6, 6.07) is 0.700. The van der Waals surface area contributed by atoms with Gasteiger partial charge in [-0.15, -0.1) is 0 Å². The topological polar surface area (TPSA) is 55.0 Å². The Morgan fingerprint density at radius 1 is 1.11 bits per heavy atom. The highest BCUT2D eigenvalue weighted by Crippen LogP contribution is 2.36. The average Bonchev–Trinajstić information content (AvgIpc) is 2.47. The smallest absolute Gasteiger partial charge is 0.147 e. The molecule has 4 heteroatoms. The van der Waals surface area contributed by atoms with Gasteiger partial charge in [0, 0.05) is 19.1 Å². The number of rotatable bonds is 2. The molecule has 0 radical (unpaired) electrons. The highest BCUT2D eigenvalue weighted by atomic mass is 15.2. The molecule has 2 atom stereocenters. The van der Waals surface area contributed by atoms with Crippen LogP contribution >= 0.6 is 0 Å². The number of piperidine rings is 1. The number of aromatic nitrogens is 2. The summed E-state index contributed by atoms with van der Waals surface area (Å²) in [5.74, 6) is 1.92. The molecular weight excluding hydrogens is 224 g/mol. The van der Waals surface area contributed by atoms with Gasteiger partial charge in [-0.1, -0.05) is 12.8 Å². The summed E-state index contributed by atoms with van der Waals surface area (Å²) < 4.78 is 0. The van der Waals surface area contributed by atoms with Crippen molar-refractivity contribution < 1.29 is 0 Å². The fourth-order valence-electron chi connectivity index (χ4n) is 3.51. The molecule has 1 aliphatic carbocycles. The molecule has 3 rings (SSSR count). The lowest BCUT2D eigenvalue weighted by Gasteiger charge is -2.44. The van der Waals surface area contributed by atoms with Crippen molar-refractivity contribution in [3.8, 4) is 0 Å². The van der Waals surface area contributed by atoms with Gasteiger partial charge in [-0.25, -0.2) is 4.98 Å². The molecule has 4 nitrogen and oxygen atoms in total. The van der Waals surface area contributed by atoms with Gasteiger partial charge in [0.1, 0.15) is 5.82 Å². The van der Waals surface area contributed by atoms with Gasteiger partial charge in [0.15, 0.2) is 0 Å². The van der Waals surface area contributed by atoms with Gasteiger partial charge in [0.25, 0.3) is 0 Å². The van der Waals surface area contributed by atoms with Crippen LogP contribution in [0.25, 0.3) is 0 Å². The number of hydrogen-bond acceptors (Lipinski definition) is 4. The second kappa shape index (κ2) is 5.22. The molecule has 0 bridgehead atoms. The van der Waals surface area contributed by atoms with E-state index in [4.69, 9.17) is 5.73 Å². The van der Waals surface area contributed by atoms with E-state index in [1.807, 2.05) is 12.4 Å². The minimum Gasteiger partial charge on any atom is -0.352 e. The predicted octanol–water partition coefficient (Wildman–Crippen LogP) is 2.09. The lowest BCUT2D eigenvalue weighted by Crippen LogP contribution is -2.47. The van der Waals surface area contributed by atoms with Crippen LogP contribution in [0.4, 0.5) is 5.82 Å². The first kappa shape index (κ1) is 11.9. The summed E-state index contributed by atoms with van der Waals surface area (Å²) in [4.78, 5) is 11.4. The molecule has 0 amide bonds. The second-order valence-corrected chi connectivity index (χ2v) is 5.52. The molecule has 2 N–H and O–H groups in total. The van der Waals surface area contributed by atoms with Gasteiger partial charge >= 0.3 is 0 Å². The monoisotopic (exact) mass is 246 g/mol.